The van der Waals surface area contributed by atoms with Crippen molar-refractivity contribution in [2.75, 3.05) is 6.54 Å². The summed E-state index contributed by atoms with van der Waals surface area (Å²) in [7, 11) is 1.91. The molecule has 0 amide bonds. The fourth-order valence-corrected chi connectivity index (χ4v) is 2.09. The Morgan fingerprint density at radius 2 is 2.20 bits per heavy atom. The van der Waals surface area contributed by atoms with Crippen molar-refractivity contribution in [3.63, 3.8) is 0 Å². The monoisotopic (exact) mass is 273 g/mol. The Morgan fingerprint density at radius 3 is 2.90 bits per heavy atom. The second-order valence-corrected chi connectivity index (χ2v) is 5.10. The van der Waals surface area contributed by atoms with Crippen LogP contribution in [0.2, 0.25) is 0 Å². The summed E-state index contributed by atoms with van der Waals surface area (Å²) >= 11 is 0. The second kappa shape index (κ2) is 7.10. The van der Waals surface area contributed by atoms with Gasteiger partial charge in [-0.15, -0.1) is 0 Å². The third-order valence-corrected chi connectivity index (χ3v) is 3.11. The molecule has 0 radical (unpaired) electrons. The van der Waals surface area contributed by atoms with E-state index in [2.05, 4.69) is 42.5 Å². The zero-order chi connectivity index (χ0) is 14.4. The number of hydrogen-bond donors (Lipinski definition) is 1. The number of ether oxygens (including phenoxy) is 1. The topological polar surface area (TPSA) is 39.1 Å². The minimum absolute atomic E-state index is 0.553. The van der Waals surface area contributed by atoms with E-state index in [1.165, 1.54) is 11.1 Å². The van der Waals surface area contributed by atoms with E-state index in [0.717, 1.165) is 30.8 Å². The summed E-state index contributed by atoms with van der Waals surface area (Å²) in [6, 6.07) is 6.32. The molecule has 1 aromatic carbocycles. The maximum atomic E-state index is 5.93. The predicted molar refractivity (Wildman–Crippen MR) is 80.7 cm³/mol. The molecule has 0 aliphatic carbocycles. The van der Waals surface area contributed by atoms with Gasteiger partial charge in [0.05, 0.1) is 6.20 Å². The number of nitrogens with zero attached hydrogens (tertiary/aromatic N) is 2. The van der Waals surface area contributed by atoms with Gasteiger partial charge in [0, 0.05) is 30.9 Å². The van der Waals surface area contributed by atoms with Crippen LogP contribution in [-0.2, 0) is 20.2 Å². The standard InChI is InChI=1S/C16H23N3O/c1-4-7-17-10-15-8-13(2)5-6-16(15)20-12-14-9-18-19(3)11-14/h5-6,8-9,11,17H,4,7,10,12H2,1-3H3. The Balaban J connectivity index is 2.01. The van der Waals surface area contributed by atoms with E-state index in [0.29, 0.717) is 6.61 Å². The van der Waals surface area contributed by atoms with Crippen LogP contribution in [0, 0.1) is 6.92 Å². The molecule has 0 unspecified atom stereocenters. The van der Waals surface area contributed by atoms with E-state index < -0.39 is 0 Å². The fraction of sp³-hybridized carbons (Fsp3) is 0.438. The Morgan fingerprint density at radius 1 is 1.35 bits per heavy atom. The maximum Gasteiger partial charge on any atom is 0.124 e. The van der Waals surface area contributed by atoms with Crippen LogP contribution in [0.3, 0.4) is 0 Å². The average molecular weight is 273 g/mol. The van der Waals surface area contributed by atoms with Crippen molar-refractivity contribution in [3.8, 4) is 5.75 Å². The van der Waals surface area contributed by atoms with Crippen LogP contribution in [0.1, 0.15) is 30.0 Å². The van der Waals surface area contributed by atoms with Gasteiger partial charge in [0.25, 0.3) is 0 Å². The summed E-state index contributed by atoms with van der Waals surface area (Å²) in [5, 5.41) is 7.58. The molecule has 0 spiro atoms. The highest BCUT2D eigenvalue weighted by Crippen LogP contribution is 2.21. The molecule has 20 heavy (non-hydrogen) atoms. The van der Waals surface area contributed by atoms with Gasteiger partial charge < -0.3 is 10.1 Å². The van der Waals surface area contributed by atoms with Crippen molar-refractivity contribution >= 4 is 0 Å². The lowest BCUT2D eigenvalue weighted by Gasteiger charge is -2.12. The zero-order valence-corrected chi connectivity index (χ0v) is 12.5. The molecule has 0 aliphatic rings. The van der Waals surface area contributed by atoms with E-state index in [1.54, 1.807) is 4.68 Å². The second-order valence-electron chi connectivity index (χ2n) is 5.10. The van der Waals surface area contributed by atoms with Crippen molar-refractivity contribution in [2.45, 2.75) is 33.4 Å². The van der Waals surface area contributed by atoms with Crippen molar-refractivity contribution in [1.82, 2.24) is 15.1 Å². The van der Waals surface area contributed by atoms with Gasteiger partial charge in [0.1, 0.15) is 12.4 Å². The van der Waals surface area contributed by atoms with Crippen molar-refractivity contribution in [1.29, 1.82) is 0 Å². The summed E-state index contributed by atoms with van der Waals surface area (Å²) in [6.07, 6.45) is 4.95. The van der Waals surface area contributed by atoms with Crippen LogP contribution in [0.15, 0.2) is 30.6 Å². The fourth-order valence-electron chi connectivity index (χ4n) is 2.09. The zero-order valence-electron chi connectivity index (χ0n) is 12.5. The summed E-state index contributed by atoms with van der Waals surface area (Å²) in [5.41, 5.74) is 3.55. The highest BCUT2D eigenvalue weighted by Gasteiger charge is 2.05. The lowest BCUT2D eigenvalue weighted by atomic mass is 10.1. The number of aromatic nitrogens is 2. The highest BCUT2D eigenvalue weighted by molar-refractivity contribution is 5.37. The predicted octanol–water partition coefficient (Wildman–Crippen LogP) is 2.81. The average Bonchev–Trinajstić information content (AvgIpc) is 2.84. The minimum atomic E-state index is 0.553. The van der Waals surface area contributed by atoms with Crippen LogP contribution in [0.4, 0.5) is 0 Å². The molecular formula is C16H23N3O. The molecule has 0 atom stereocenters. The molecule has 1 N–H and O–H groups in total. The van der Waals surface area contributed by atoms with Crippen LogP contribution in [0.25, 0.3) is 0 Å². The highest BCUT2D eigenvalue weighted by atomic mass is 16.5. The first kappa shape index (κ1) is 14.6. The number of nitrogens with one attached hydrogen (secondary N) is 1. The molecule has 4 nitrogen and oxygen atoms in total. The first-order valence-corrected chi connectivity index (χ1v) is 7.09. The van der Waals surface area contributed by atoms with E-state index in [4.69, 9.17) is 4.74 Å². The molecule has 0 aliphatic heterocycles. The molecule has 0 saturated heterocycles. The summed E-state index contributed by atoms with van der Waals surface area (Å²) in [5.74, 6) is 0.947. The number of benzene rings is 1. The van der Waals surface area contributed by atoms with Gasteiger partial charge in [0.15, 0.2) is 0 Å². The van der Waals surface area contributed by atoms with E-state index in [-0.39, 0.29) is 0 Å². The molecule has 1 aromatic heterocycles. The Hall–Kier alpha value is -1.81. The first-order chi connectivity index (χ1) is 9.69. The third-order valence-electron chi connectivity index (χ3n) is 3.11. The smallest absolute Gasteiger partial charge is 0.124 e. The van der Waals surface area contributed by atoms with Crippen LogP contribution < -0.4 is 10.1 Å². The minimum Gasteiger partial charge on any atom is -0.488 e. The van der Waals surface area contributed by atoms with Gasteiger partial charge in [-0.2, -0.15) is 5.10 Å². The molecule has 108 valence electrons. The summed E-state index contributed by atoms with van der Waals surface area (Å²) in [6.45, 7) is 6.70. The molecule has 4 heteroatoms. The Kier molecular flexibility index (Phi) is 5.18. The lowest BCUT2D eigenvalue weighted by Crippen LogP contribution is -2.14. The van der Waals surface area contributed by atoms with Crippen LogP contribution in [-0.4, -0.2) is 16.3 Å². The van der Waals surface area contributed by atoms with Gasteiger partial charge >= 0.3 is 0 Å². The molecule has 1 heterocycles. The first-order valence-electron chi connectivity index (χ1n) is 7.09. The number of aryl methyl sites for hydroxylation is 2. The third kappa shape index (κ3) is 4.10. The van der Waals surface area contributed by atoms with Crippen molar-refractivity contribution < 1.29 is 4.74 Å². The molecule has 2 rings (SSSR count). The summed E-state index contributed by atoms with van der Waals surface area (Å²) in [4.78, 5) is 0. The molecule has 0 fully saturated rings. The van der Waals surface area contributed by atoms with E-state index >= 15 is 0 Å². The Labute approximate surface area is 120 Å². The summed E-state index contributed by atoms with van der Waals surface area (Å²) < 4.78 is 7.72. The largest absolute Gasteiger partial charge is 0.488 e. The van der Waals surface area contributed by atoms with Crippen LogP contribution in [0.5, 0.6) is 5.75 Å². The van der Waals surface area contributed by atoms with Crippen molar-refractivity contribution in [2.24, 2.45) is 7.05 Å². The van der Waals surface area contributed by atoms with E-state index in [1.807, 2.05) is 19.4 Å². The number of rotatable bonds is 7. The normalized spacial score (nSPS) is 10.8. The van der Waals surface area contributed by atoms with E-state index in [9.17, 15) is 0 Å². The van der Waals surface area contributed by atoms with Crippen molar-refractivity contribution in [3.05, 3.63) is 47.3 Å². The quantitative estimate of drug-likeness (QED) is 0.788. The molecule has 0 bridgehead atoms. The van der Waals surface area contributed by atoms with Gasteiger partial charge in [-0.05, 0) is 26.0 Å². The van der Waals surface area contributed by atoms with Crippen LogP contribution >= 0.6 is 0 Å². The Bertz CT molecular complexity index is 548. The van der Waals surface area contributed by atoms with Gasteiger partial charge in [-0.3, -0.25) is 4.68 Å². The molecule has 2 aromatic rings. The molecule has 0 saturated carbocycles. The van der Waals surface area contributed by atoms with Gasteiger partial charge in [0.2, 0.25) is 0 Å². The maximum absolute atomic E-state index is 5.93. The SMILES string of the molecule is CCCNCc1cc(C)ccc1OCc1cnn(C)c1. The number of hydrogen-bond acceptors (Lipinski definition) is 3. The molecular weight excluding hydrogens is 250 g/mol. The lowest BCUT2D eigenvalue weighted by molar-refractivity contribution is 0.302. The van der Waals surface area contributed by atoms with Gasteiger partial charge in [-0.1, -0.05) is 24.6 Å². The van der Waals surface area contributed by atoms with Gasteiger partial charge in [-0.25, -0.2) is 0 Å².